The molecule has 102 valence electrons. The molecule has 0 aromatic heterocycles. The van der Waals surface area contributed by atoms with Gasteiger partial charge in [-0.1, -0.05) is 25.1 Å². The molecular formula is C12H18ClNO3S. The van der Waals surface area contributed by atoms with Gasteiger partial charge in [-0.25, -0.2) is 13.1 Å². The summed E-state index contributed by atoms with van der Waals surface area (Å²) in [7, 11) is -1.75. The van der Waals surface area contributed by atoms with Gasteiger partial charge in [-0.3, -0.25) is 0 Å². The highest BCUT2D eigenvalue weighted by Crippen LogP contribution is 2.17. The Balaban J connectivity index is 2.64. The van der Waals surface area contributed by atoms with Crippen molar-refractivity contribution in [1.82, 2.24) is 4.72 Å². The molecule has 0 aliphatic heterocycles. The monoisotopic (exact) mass is 291 g/mol. The van der Waals surface area contributed by atoms with E-state index in [9.17, 15) is 8.42 Å². The molecule has 0 heterocycles. The van der Waals surface area contributed by atoms with Gasteiger partial charge in [-0.15, -0.1) is 11.6 Å². The lowest BCUT2D eigenvalue weighted by Crippen LogP contribution is -2.29. The molecule has 4 nitrogen and oxygen atoms in total. The molecular weight excluding hydrogens is 274 g/mol. The highest BCUT2D eigenvalue weighted by molar-refractivity contribution is 7.89. The molecule has 0 aliphatic carbocycles. The van der Waals surface area contributed by atoms with Gasteiger partial charge in [0.1, 0.15) is 5.75 Å². The van der Waals surface area contributed by atoms with Gasteiger partial charge < -0.3 is 4.74 Å². The molecule has 0 bridgehead atoms. The molecule has 1 unspecified atom stereocenters. The van der Waals surface area contributed by atoms with E-state index in [2.05, 4.69) is 4.72 Å². The summed E-state index contributed by atoms with van der Waals surface area (Å²) in [6, 6.07) is 7.30. The van der Waals surface area contributed by atoms with E-state index in [0.29, 0.717) is 11.6 Å². The normalized spacial score (nSPS) is 13.3. The number of nitrogens with one attached hydrogen (secondary N) is 1. The van der Waals surface area contributed by atoms with Crippen molar-refractivity contribution in [2.24, 2.45) is 5.92 Å². The first-order chi connectivity index (χ1) is 8.48. The van der Waals surface area contributed by atoms with Gasteiger partial charge in [0.2, 0.25) is 10.0 Å². The number of halogens is 1. The molecule has 0 amide bonds. The zero-order valence-electron chi connectivity index (χ0n) is 10.5. The summed E-state index contributed by atoms with van der Waals surface area (Å²) in [5.74, 6) is 0.966. The lowest BCUT2D eigenvalue weighted by atomic mass is 10.2. The Morgan fingerprint density at radius 1 is 1.39 bits per heavy atom. The van der Waals surface area contributed by atoms with Crippen LogP contribution >= 0.6 is 11.6 Å². The first kappa shape index (κ1) is 15.3. The third-order valence-corrected chi connectivity index (χ3v) is 4.56. The maximum Gasteiger partial charge on any atom is 0.212 e. The van der Waals surface area contributed by atoms with Gasteiger partial charge >= 0.3 is 0 Å². The second kappa shape index (κ2) is 6.97. The van der Waals surface area contributed by atoms with Crippen LogP contribution in [0.2, 0.25) is 0 Å². The molecule has 6 heteroatoms. The fourth-order valence-corrected chi connectivity index (χ4v) is 3.11. The molecule has 0 saturated carbocycles. The first-order valence-corrected chi connectivity index (χ1v) is 7.82. The van der Waals surface area contributed by atoms with Crippen LogP contribution < -0.4 is 9.46 Å². The fourth-order valence-electron chi connectivity index (χ4n) is 1.51. The van der Waals surface area contributed by atoms with E-state index in [1.165, 1.54) is 0 Å². The number of hydrogen-bond acceptors (Lipinski definition) is 3. The van der Waals surface area contributed by atoms with Gasteiger partial charge in [-0.2, -0.15) is 0 Å². The minimum atomic E-state index is -3.31. The second-order valence-electron chi connectivity index (χ2n) is 4.17. The fraction of sp³-hybridized carbons (Fsp3) is 0.500. The zero-order chi connectivity index (χ0) is 13.6. The van der Waals surface area contributed by atoms with Crippen LogP contribution in [0.5, 0.6) is 5.75 Å². The Kier molecular flexibility index (Phi) is 5.91. The topological polar surface area (TPSA) is 55.4 Å². The van der Waals surface area contributed by atoms with Gasteiger partial charge in [-0.05, 0) is 12.0 Å². The van der Waals surface area contributed by atoms with Crippen LogP contribution in [0.25, 0.3) is 0 Å². The van der Waals surface area contributed by atoms with Gasteiger partial charge in [0.05, 0.1) is 12.9 Å². The lowest BCUT2D eigenvalue weighted by Gasteiger charge is -2.12. The second-order valence-corrected chi connectivity index (χ2v) is 6.33. The quantitative estimate of drug-likeness (QED) is 0.782. The van der Waals surface area contributed by atoms with Crippen LogP contribution in [0.3, 0.4) is 0 Å². The van der Waals surface area contributed by atoms with E-state index >= 15 is 0 Å². The Hall–Kier alpha value is -0.780. The van der Waals surface area contributed by atoms with Crippen molar-refractivity contribution < 1.29 is 13.2 Å². The number of ether oxygens (including phenoxy) is 1. The lowest BCUT2D eigenvalue weighted by molar-refractivity contribution is 0.409. The summed E-state index contributed by atoms with van der Waals surface area (Å²) in [5, 5.41) is 0. The van der Waals surface area contributed by atoms with Crippen molar-refractivity contribution in [2.75, 3.05) is 18.7 Å². The third kappa shape index (κ3) is 4.84. The highest BCUT2D eigenvalue weighted by Gasteiger charge is 2.15. The van der Waals surface area contributed by atoms with Crippen molar-refractivity contribution in [2.45, 2.75) is 13.5 Å². The molecule has 1 rings (SSSR count). The number of alkyl halides is 1. The predicted octanol–water partition coefficient (Wildman–Crippen LogP) is 1.99. The molecule has 0 fully saturated rings. The smallest absolute Gasteiger partial charge is 0.212 e. The largest absolute Gasteiger partial charge is 0.496 e. The van der Waals surface area contributed by atoms with Crippen LogP contribution in [-0.2, 0) is 16.6 Å². The third-order valence-electron chi connectivity index (χ3n) is 2.44. The Morgan fingerprint density at radius 3 is 2.67 bits per heavy atom. The average molecular weight is 292 g/mol. The van der Waals surface area contributed by atoms with E-state index in [1.807, 2.05) is 18.2 Å². The van der Waals surface area contributed by atoms with Crippen molar-refractivity contribution >= 4 is 21.6 Å². The van der Waals surface area contributed by atoms with Gasteiger partial charge in [0.15, 0.2) is 0 Å². The van der Waals surface area contributed by atoms with E-state index < -0.39 is 10.0 Å². The molecule has 1 N–H and O–H groups in total. The van der Waals surface area contributed by atoms with E-state index in [0.717, 1.165) is 5.56 Å². The molecule has 1 aromatic carbocycles. The zero-order valence-corrected chi connectivity index (χ0v) is 12.1. The Morgan fingerprint density at radius 2 is 2.06 bits per heavy atom. The van der Waals surface area contributed by atoms with Crippen molar-refractivity contribution in [3.8, 4) is 5.75 Å². The van der Waals surface area contributed by atoms with Crippen LogP contribution in [0, 0.1) is 5.92 Å². The predicted molar refractivity (Wildman–Crippen MR) is 73.5 cm³/mol. The number of benzene rings is 1. The number of methoxy groups -OCH3 is 1. The summed E-state index contributed by atoms with van der Waals surface area (Å²) in [5.41, 5.74) is 0.808. The SMILES string of the molecule is COc1ccccc1CNS(=O)(=O)CC(C)CCl. The molecule has 0 saturated heterocycles. The number of hydrogen-bond donors (Lipinski definition) is 1. The van der Waals surface area contributed by atoms with Crippen LogP contribution in [0.4, 0.5) is 0 Å². The minimum Gasteiger partial charge on any atom is -0.496 e. The van der Waals surface area contributed by atoms with Crippen molar-refractivity contribution in [1.29, 1.82) is 0 Å². The molecule has 18 heavy (non-hydrogen) atoms. The number of sulfonamides is 1. The molecule has 0 spiro atoms. The van der Waals surface area contributed by atoms with Gasteiger partial charge in [0, 0.05) is 18.0 Å². The highest BCUT2D eigenvalue weighted by atomic mass is 35.5. The van der Waals surface area contributed by atoms with Crippen molar-refractivity contribution in [3.05, 3.63) is 29.8 Å². The molecule has 1 aromatic rings. The maximum atomic E-state index is 11.8. The number of para-hydroxylation sites is 1. The van der Waals surface area contributed by atoms with Crippen molar-refractivity contribution in [3.63, 3.8) is 0 Å². The minimum absolute atomic E-state index is 0.0334. The molecule has 0 radical (unpaired) electrons. The Bertz CT molecular complexity index is 476. The van der Waals surface area contributed by atoms with E-state index in [4.69, 9.17) is 16.3 Å². The Labute approximate surface area is 113 Å². The summed E-state index contributed by atoms with van der Waals surface area (Å²) >= 11 is 5.61. The van der Waals surface area contributed by atoms with Crippen LogP contribution in [-0.4, -0.2) is 27.2 Å². The van der Waals surface area contributed by atoms with E-state index in [-0.39, 0.29) is 18.2 Å². The van der Waals surface area contributed by atoms with Gasteiger partial charge in [0.25, 0.3) is 0 Å². The van der Waals surface area contributed by atoms with Crippen LogP contribution in [0.15, 0.2) is 24.3 Å². The average Bonchev–Trinajstić information content (AvgIpc) is 2.36. The van der Waals surface area contributed by atoms with E-state index in [1.54, 1.807) is 20.1 Å². The van der Waals surface area contributed by atoms with Crippen LogP contribution in [0.1, 0.15) is 12.5 Å². The summed E-state index contributed by atoms with van der Waals surface area (Å²) in [6.07, 6.45) is 0. The summed E-state index contributed by atoms with van der Waals surface area (Å²) in [4.78, 5) is 0. The summed E-state index contributed by atoms with van der Waals surface area (Å²) < 4.78 is 31.2. The molecule has 1 atom stereocenters. The first-order valence-electron chi connectivity index (χ1n) is 5.63. The standard InChI is InChI=1S/C12H18ClNO3S/c1-10(7-13)9-18(15,16)14-8-11-5-3-4-6-12(11)17-2/h3-6,10,14H,7-9H2,1-2H3. The number of rotatable bonds is 7. The maximum absolute atomic E-state index is 11.8. The summed E-state index contributed by atoms with van der Waals surface area (Å²) in [6.45, 7) is 2.02. The molecule has 0 aliphatic rings.